The number of methoxy groups -OCH3 is 2. The summed E-state index contributed by atoms with van der Waals surface area (Å²) in [5, 5.41) is 10.6. The average molecular weight is 447 g/mol. The third kappa shape index (κ3) is 4.25. The Hall–Kier alpha value is -4.27. The summed E-state index contributed by atoms with van der Waals surface area (Å²) < 4.78 is 10.7. The molecular formula is C24H25N5O4. The summed E-state index contributed by atoms with van der Waals surface area (Å²) in [7, 11) is 3.07. The van der Waals surface area contributed by atoms with Gasteiger partial charge in [-0.05, 0) is 37.6 Å². The Kier molecular flexibility index (Phi) is 6.03. The van der Waals surface area contributed by atoms with E-state index in [2.05, 4.69) is 26.1 Å². The fourth-order valence-electron chi connectivity index (χ4n) is 3.96. The van der Waals surface area contributed by atoms with Crippen LogP contribution in [0.2, 0.25) is 0 Å². The van der Waals surface area contributed by atoms with Gasteiger partial charge in [0.25, 0.3) is 5.91 Å². The molecule has 0 radical (unpaired) electrons. The van der Waals surface area contributed by atoms with E-state index in [1.54, 1.807) is 38.4 Å². The summed E-state index contributed by atoms with van der Waals surface area (Å²) in [4.78, 5) is 28.6. The number of fused-ring (bicyclic) bond motifs is 1. The molecule has 3 amide bonds. The molecule has 0 saturated carbocycles. The lowest BCUT2D eigenvalue weighted by Crippen LogP contribution is -2.46. The number of benzene rings is 2. The third-order valence-corrected chi connectivity index (χ3v) is 5.56. The van der Waals surface area contributed by atoms with Gasteiger partial charge >= 0.3 is 6.03 Å². The number of nitrogens with zero attached hydrogens (tertiary/aromatic N) is 1. The molecular weight excluding hydrogens is 422 g/mol. The van der Waals surface area contributed by atoms with Gasteiger partial charge in [-0.2, -0.15) is 5.10 Å². The van der Waals surface area contributed by atoms with Crippen LogP contribution in [0.3, 0.4) is 0 Å². The van der Waals surface area contributed by atoms with Gasteiger partial charge in [0.2, 0.25) is 0 Å². The van der Waals surface area contributed by atoms with Gasteiger partial charge in [-0.3, -0.25) is 4.79 Å². The molecule has 4 N–H and O–H groups in total. The Bertz CT molecular complexity index is 1290. The maximum absolute atomic E-state index is 13.1. The molecule has 0 bridgehead atoms. The number of amides is 3. The summed E-state index contributed by atoms with van der Waals surface area (Å²) in [6, 6.07) is 12.0. The van der Waals surface area contributed by atoms with Crippen molar-refractivity contribution >= 4 is 29.1 Å². The van der Waals surface area contributed by atoms with Crippen molar-refractivity contribution in [2.45, 2.75) is 19.9 Å². The van der Waals surface area contributed by atoms with Crippen molar-refractivity contribution in [2.75, 3.05) is 14.2 Å². The number of nitrogens with one attached hydrogen (secondary N) is 4. The van der Waals surface area contributed by atoms with Gasteiger partial charge in [0.1, 0.15) is 0 Å². The highest BCUT2D eigenvalue weighted by atomic mass is 16.5. The first-order valence-electron chi connectivity index (χ1n) is 10.3. The number of hydrogen-bond donors (Lipinski definition) is 4. The van der Waals surface area contributed by atoms with Crippen LogP contribution in [-0.2, 0) is 4.79 Å². The van der Waals surface area contributed by atoms with Crippen LogP contribution < -0.4 is 25.5 Å². The van der Waals surface area contributed by atoms with Gasteiger partial charge in [-0.15, -0.1) is 0 Å². The smallest absolute Gasteiger partial charge is 0.319 e. The molecule has 9 heteroatoms. The zero-order chi connectivity index (χ0) is 23.5. The van der Waals surface area contributed by atoms with Gasteiger partial charge < -0.3 is 25.1 Å². The maximum Gasteiger partial charge on any atom is 0.319 e. The molecule has 1 aliphatic heterocycles. The fourth-order valence-corrected chi connectivity index (χ4v) is 3.96. The standard InChI is InChI=1S/C24H25N5O4/c1-13-17(16-7-5-6-8-18(16)26-13)12-25-29-23(30)21-14(2)27-24(31)28-22(21)15-9-10-19(32-3)20(11-15)33-4/h5-12,22,26H,1-4H3,(H,29,30)(H2,27,28,31). The summed E-state index contributed by atoms with van der Waals surface area (Å²) >= 11 is 0. The first-order chi connectivity index (χ1) is 15.9. The highest BCUT2D eigenvalue weighted by Gasteiger charge is 2.31. The number of carbonyl (C=O) groups is 2. The number of ether oxygens (including phenoxy) is 2. The molecule has 1 unspecified atom stereocenters. The van der Waals surface area contributed by atoms with Gasteiger partial charge in [-0.25, -0.2) is 10.2 Å². The normalized spacial score (nSPS) is 16.0. The molecule has 0 fully saturated rings. The van der Waals surface area contributed by atoms with Crippen LogP contribution in [0.25, 0.3) is 10.9 Å². The number of hydrogen-bond acceptors (Lipinski definition) is 5. The molecule has 33 heavy (non-hydrogen) atoms. The first kappa shape index (κ1) is 21.9. The summed E-state index contributed by atoms with van der Waals surface area (Å²) in [6.07, 6.45) is 1.61. The molecule has 2 aromatic carbocycles. The first-order valence-corrected chi connectivity index (χ1v) is 10.3. The maximum atomic E-state index is 13.1. The number of carbonyl (C=O) groups excluding carboxylic acids is 2. The highest BCUT2D eigenvalue weighted by molar-refractivity contribution is 6.02. The van der Waals surface area contributed by atoms with Crippen LogP contribution >= 0.6 is 0 Å². The number of rotatable bonds is 6. The summed E-state index contributed by atoms with van der Waals surface area (Å²) in [6.45, 7) is 3.62. The lowest BCUT2D eigenvalue weighted by atomic mass is 9.94. The third-order valence-electron chi connectivity index (χ3n) is 5.56. The minimum absolute atomic E-state index is 0.342. The van der Waals surface area contributed by atoms with Crippen molar-refractivity contribution < 1.29 is 19.1 Å². The molecule has 0 saturated heterocycles. The number of allylic oxidation sites excluding steroid dienone is 1. The van der Waals surface area contributed by atoms with Crippen LogP contribution in [0, 0.1) is 6.92 Å². The lowest BCUT2D eigenvalue weighted by Gasteiger charge is -2.28. The van der Waals surface area contributed by atoms with E-state index >= 15 is 0 Å². The molecule has 0 spiro atoms. The molecule has 1 aliphatic rings. The van der Waals surface area contributed by atoms with Crippen molar-refractivity contribution in [3.05, 3.63) is 70.6 Å². The number of urea groups is 1. The topological polar surface area (TPSA) is 117 Å². The Morgan fingerprint density at radius 3 is 2.61 bits per heavy atom. The zero-order valence-corrected chi connectivity index (χ0v) is 18.8. The zero-order valence-electron chi connectivity index (χ0n) is 18.8. The van der Waals surface area contributed by atoms with E-state index in [1.165, 1.54) is 7.11 Å². The van der Waals surface area contributed by atoms with Crippen LogP contribution in [0.5, 0.6) is 11.5 Å². The van der Waals surface area contributed by atoms with Gasteiger partial charge in [-0.1, -0.05) is 24.3 Å². The molecule has 1 atom stereocenters. The Morgan fingerprint density at radius 1 is 1.09 bits per heavy atom. The van der Waals surface area contributed by atoms with Crippen LogP contribution in [0.15, 0.2) is 58.8 Å². The Labute approximate surface area is 190 Å². The van der Waals surface area contributed by atoms with Crippen molar-refractivity contribution in [3.8, 4) is 11.5 Å². The second-order valence-electron chi connectivity index (χ2n) is 7.59. The SMILES string of the molecule is COc1ccc(C2NC(=O)NC(C)=C2C(=O)NN=Cc2c(C)[nH]c3ccccc23)cc1OC. The second-order valence-corrected chi connectivity index (χ2v) is 7.59. The summed E-state index contributed by atoms with van der Waals surface area (Å²) in [5.41, 5.74) is 6.87. The molecule has 0 aliphatic carbocycles. The Morgan fingerprint density at radius 2 is 1.85 bits per heavy atom. The predicted octanol–water partition coefficient (Wildman–Crippen LogP) is 3.27. The number of H-pyrrole nitrogens is 1. The minimum Gasteiger partial charge on any atom is -0.493 e. The van der Waals surface area contributed by atoms with Crippen molar-refractivity contribution in [2.24, 2.45) is 5.10 Å². The highest BCUT2D eigenvalue weighted by Crippen LogP contribution is 2.34. The van der Waals surface area contributed by atoms with E-state index in [0.29, 0.717) is 28.3 Å². The van der Waals surface area contributed by atoms with E-state index in [-0.39, 0.29) is 0 Å². The number of hydrazone groups is 1. The molecule has 9 nitrogen and oxygen atoms in total. The quantitative estimate of drug-likeness (QED) is 0.343. The van der Waals surface area contributed by atoms with Crippen LogP contribution in [0.4, 0.5) is 4.79 Å². The number of aryl methyl sites for hydroxylation is 1. The number of aromatic nitrogens is 1. The number of para-hydroxylation sites is 1. The second kappa shape index (κ2) is 9.07. The molecule has 4 rings (SSSR count). The van der Waals surface area contributed by atoms with Crippen molar-refractivity contribution in [1.29, 1.82) is 0 Å². The van der Waals surface area contributed by atoms with E-state index in [1.807, 2.05) is 31.2 Å². The monoisotopic (exact) mass is 447 g/mol. The molecule has 2 heterocycles. The minimum atomic E-state index is -0.691. The average Bonchev–Trinajstić information content (AvgIpc) is 3.13. The van der Waals surface area contributed by atoms with E-state index < -0.39 is 18.0 Å². The molecule has 3 aromatic rings. The predicted molar refractivity (Wildman–Crippen MR) is 125 cm³/mol. The van der Waals surface area contributed by atoms with E-state index in [9.17, 15) is 9.59 Å². The van der Waals surface area contributed by atoms with E-state index in [4.69, 9.17) is 9.47 Å². The summed E-state index contributed by atoms with van der Waals surface area (Å²) in [5.74, 6) is 0.605. The van der Waals surface area contributed by atoms with Gasteiger partial charge in [0.05, 0.1) is 32.0 Å². The fraction of sp³-hybridized carbons (Fsp3) is 0.208. The largest absolute Gasteiger partial charge is 0.493 e. The van der Waals surface area contributed by atoms with Gasteiger partial charge in [0.15, 0.2) is 11.5 Å². The Balaban J connectivity index is 1.61. The van der Waals surface area contributed by atoms with Crippen molar-refractivity contribution in [1.82, 2.24) is 21.0 Å². The lowest BCUT2D eigenvalue weighted by molar-refractivity contribution is -0.117. The molecule has 170 valence electrons. The van der Waals surface area contributed by atoms with Crippen LogP contribution in [0.1, 0.15) is 29.8 Å². The van der Waals surface area contributed by atoms with E-state index in [0.717, 1.165) is 22.2 Å². The number of aromatic amines is 1. The molecule has 1 aromatic heterocycles. The van der Waals surface area contributed by atoms with Gasteiger partial charge in [0, 0.05) is 27.9 Å². The van der Waals surface area contributed by atoms with Crippen molar-refractivity contribution in [3.63, 3.8) is 0 Å². The van der Waals surface area contributed by atoms with Crippen LogP contribution in [-0.4, -0.2) is 37.4 Å².